The summed E-state index contributed by atoms with van der Waals surface area (Å²) in [6, 6.07) is 10.2. The maximum atomic E-state index is 12.6. The molecule has 2 aliphatic carbocycles. The van der Waals surface area contributed by atoms with E-state index in [0.29, 0.717) is 19.7 Å². The van der Waals surface area contributed by atoms with Crippen molar-refractivity contribution in [3.05, 3.63) is 42.0 Å². The molecule has 0 unspecified atom stereocenters. The van der Waals surface area contributed by atoms with Crippen LogP contribution in [0.15, 0.2) is 36.4 Å². The Morgan fingerprint density at radius 1 is 1.35 bits per heavy atom. The van der Waals surface area contributed by atoms with Crippen molar-refractivity contribution in [1.82, 2.24) is 10.2 Å². The van der Waals surface area contributed by atoms with Gasteiger partial charge >= 0.3 is 6.03 Å². The van der Waals surface area contributed by atoms with Crippen LogP contribution < -0.4 is 5.32 Å². The number of nitrogens with one attached hydrogen (secondary N) is 1. The molecule has 1 aromatic rings. The number of amides is 2. The summed E-state index contributed by atoms with van der Waals surface area (Å²) in [5, 5.41) is 3.28. The van der Waals surface area contributed by atoms with Gasteiger partial charge < -0.3 is 15.0 Å². The smallest absolute Gasteiger partial charge is 0.318 e. The Balaban J connectivity index is 1.56. The van der Waals surface area contributed by atoms with Crippen molar-refractivity contribution < 1.29 is 9.53 Å². The van der Waals surface area contributed by atoms with Gasteiger partial charge in [0.2, 0.25) is 0 Å². The molecule has 2 fully saturated rings. The number of hydrogen-bond donors (Lipinski definition) is 1. The number of methoxy groups -OCH3 is 1. The first-order chi connectivity index (χ1) is 11.2. The van der Waals surface area contributed by atoms with E-state index in [1.165, 1.54) is 12.8 Å². The van der Waals surface area contributed by atoms with Crippen LogP contribution in [0.5, 0.6) is 0 Å². The molecular weight excluding hydrogens is 288 g/mol. The molecule has 0 atom stereocenters. The molecule has 4 heteroatoms. The number of carbonyl (C=O) groups is 1. The highest BCUT2D eigenvalue weighted by molar-refractivity contribution is 5.76. The summed E-state index contributed by atoms with van der Waals surface area (Å²) in [6.07, 6.45) is 8.92. The number of ether oxygens (including phenoxy) is 1. The lowest BCUT2D eigenvalue weighted by Crippen LogP contribution is -2.48. The maximum absolute atomic E-state index is 12.6. The van der Waals surface area contributed by atoms with Crippen molar-refractivity contribution in [2.24, 2.45) is 5.92 Å². The Morgan fingerprint density at radius 2 is 2.09 bits per heavy atom. The highest BCUT2D eigenvalue weighted by Crippen LogP contribution is 2.53. The van der Waals surface area contributed by atoms with E-state index < -0.39 is 0 Å². The first kappa shape index (κ1) is 16.1. The number of carbonyl (C=O) groups excluding carboxylic acids is 1. The van der Waals surface area contributed by atoms with Crippen LogP contribution in [0.25, 0.3) is 6.08 Å². The van der Waals surface area contributed by atoms with E-state index in [2.05, 4.69) is 23.5 Å². The Morgan fingerprint density at radius 3 is 2.70 bits per heavy atom. The third-order valence-electron chi connectivity index (χ3n) is 4.79. The minimum Gasteiger partial charge on any atom is -0.383 e. The molecule has 0 saturated heterocycles. The van der Waals surface area contributed by atoms with Gasteiger partial charge in [-0.2, -0.15) is 0 Å². The lowest BCUT2D eigenvalue weighted by Gasteiger charge is -2.25. The Kier molecular flexibility index (Phi) is 5.01. The minimum absolute atomic E-state index is 0.0455. The van der Waals surface area contributed by atoms with Gasteiger partial charge in [-0.15, -0.1) is 0 Å². The SMILES string of the molecule is COCCN(C/C=C/c1ccccc1)C(=O)NC1(C2CC2)CC1. The van der Waals surface area contributed by atoms with Crippen LogP contribution in [-0.4, -0.2) is 43.3 Å². The fourth-order valence-electron chi connectivity index (χ4n) is 3.06. The van der Waals surface area contributed by atoms with E-state index in [-0.39, 0.29) is 11.6 Å². The minimum atomic E-state index is 0.0455. The lowest BCUT2D eigenvalue weighted by atomic mass is 10.1. The molecule has 0 radical (unpaired) electrons. The van der Waals surface area contributed by atoms with Gasteiger partial charge in [-0.3, -0.25) is 0 Å². The molecule has 0 aliphatic heterocycles. The average molecular weight is 314 g/mol. The topological polar surface area (TPSA) is 41.6 Å². The van der Waals surface area contributed by atoms with Crippen LogP contribution in [0.2, 0.25) is 0 Å². The van der Waals surface area contributed by atoms with Crippen LogP contribution in [0.4, 0.5) is 4.79 Å². The number of urea groups is 1. The first-order valence-corrected chi connectivity index (χ1v) is 8.51. The van der Waals surface area contributed by atoms with Crippen LogP contribution >= 0.6 is 0 Å². The van der Waals surface area contributed by atoms with Gasteiger partial charge in [-0.25, -0.2) is 4.79 Å². The van der Waals surface area contributed by atoms with E-state index in [4.69, 9.17) is 4.74 Å². The van der Waals surface area contributed by atoms with Gasteiger partial charge in [0, 0.05) is 25.7 Å². The van der Waals surface area contributed by atoms with Crippen LogP contribution in [0.1, 0.15) is 31.2 Å². The number of nitrogens with zero attached hydrogens (tertiary/aromatic N) is 1. The average Bonchev–Trinajstić information content (AvgIpc) is 3.45. The third-order valence-corrected chi connectivity index (χ3v) is 4.79. The molecule has 0 spiro atoms. The molecule has 2 saturated carbocycles. The van der Waals surface area contributed by atoms with Gasteiger partial charge in [0.15, 0.2) is 0 Å². The summed E-state index contributed by atoms with van der Waals surface area (Å²) in [5.74, 6) is 0.718. The van der Waals surface area contributed by atoms with Crippen molar-refractivity contribution in [3.63, 3.8) is 0 Å². The van der Waals surface area contributed by atoms with Crippen LogP contribution in [0.3, 0.4) is 0 Å². The van der Waals surface area contributed by atoms with Crippen molar-refractivity contribution in [2.75, 3.05) is 26.8 Å². The number of benzene rings is 1. The summed E-state index contributed by atoms with van der Waals surface area (Å²) in [4.78, 5) is 14.4. The lowest BCUT2D eigenvalue weighted by molar-refractivity contribution is 0.151. The van der Waals surface area contributed by atoms with Crippen molar-refractivity contribution in [2.45, 2.75) is 31.2 Å². The second kappa shape index (κ2) is 7.18. The van der Waals surface area contributed by atoms with E-state index in [9.17, 15) is 4.79 Å². The molecule has 124 valence electrons. The number of hydrogen-bond acceptors (Lipinski definition) is 2. The highest BCUT2D eigenvalue weighted by Gasteiger charge is 2.55. The summed E-state index contributed by atoms with van der Waals surface area (Å²) in [5.41, 5.74) is 1.27. The molecule has 1 aromatic carbocycles. The van der Waals surface area contributed by atoms with Gasteiger partial charge in [0.05, 0.1) is 6.61 Å². The molecule has 2 amide bonds. The molecule has 4 nitrogen and oxygen atoms in total. The first-order valence-electron chi connectivity index (χ1n) is 8.51. The van der Waals surface area contributed by atoms with Crippen molar-refractivity contribution in [1.29, 1.82) is 0 Å². The summed E-state index contributed by atoms with van der Waals surface area (Å²) in [6.45, 7) is 1.77. The largest absolute Gasteiger partial charge is 0.383 e. The second-order valence-corrected chi connectivity index (χ2v) is 6.61. The number of rotatable bonds is 8. The molecule has 1 N–H and O–H groups in total. The zero-order chi connectivity index (χ0) is 16.1. The summed E-state index contributed by atoms with van der Waals surface area (Å²) >= 11 is 0. The van der Waals surface area contributed by atoms with E-state index in [1.807, 2.05) is 29.2 Å². The summed E-state index contributed by atoms with van der Waals surface area (Å²) < 4.78 is 5.15. The fraction of sp³-hybridized carbons (Fsp3) is 0.526. The fourth-order valence-corrected chi connectivity index (χ4v) is 3.06. The maximum Gasteiger partial charge on any atom is 0.318 e. The van der Waals surface area contributed by atoms with Gasteiger partial charge in [0.25, 0.3) is 0 Å². The highest BCUT2D eigenvalue weighted by atomic mass is 16.5. The monoisotopic (exact) mass is 314 g/mol. The molecule has 0 heterocycles. The molecule has 0 aromatic heterocycles. The Bertz CT molecular complexity index is 548. The molecule has 2 aliphatic rings. The van der Waals surface area contributed by atoms with Gasteiger partial charge in [-0.05, 0) is 37.2 Å². The normalized spacial score (nSPS) is 18.8. The molecular formula is C19H26N2O2. The van der Waals surface area contributed by atoms with E-state index >= 15 is 0 Å². The molecule has 3 rings (SSSR count). The second-order valence-electron chi connectivity index (χ2n) is 6.61. The third kappa shape index (κ3) is 4.35. The predicted molar refractivity (Wildman–Crippen MR) is 92.1 cm³/mol. The van der Waals surface area contributed by atoms with Crippen molar-refractivity contribution >= 4 is 12.1 Å². The Hall–Kier alpha value is -1.81. The van der Waals surface area contributed by atoms with Crippen LogP contribution in [-0.2, 0) is 4.74 Å². The van der Waals surface area contributed by atoms with Gasteiger partial charge in [0.1, 0.15) is 0 Å². The molecule has 23 heavy (non-hydrogen) atoms. The van der Waals surface area contributed by atoms with Crippen LogP contribution in [0, 0.1) is 5.92 Å². The summed E-state index contributed by atoms with van der Waals surface area (Å²) in [7, 11) is 1.67. The molecule has 0 bridgehead atoms. The zero-order valence-electron chi connectivity index (χ0n) is 13.8. The van der Waals surface area contributed by atoms with Crippen molar-refractivity contribution in [3.8, 4) is 0 Å². The van der Waals surface area contributed by atoms with E-state index in [1.54, 1.807) is 7.11 Å². The zero-order valence-corrected chi connectivity index (χ0v) is 13.8. The van der Waals surface area contributed by atoms with E-state index in [0.717, 1.165) is 24.3 Å². The van der Waals surface area contributed by atoms with Gasteiger partial charge in [-0.1, -0.05) is 42.5 Å². The quantitative estimate of drug-likeness (QED) is 0.800. The standard InChI is InChI=1S/C19H26N2O2/c1-23-15-14-21(13-5-8-16-6-3-2-4-7-16)18(22)20-19(11-12-19)17-9-10-17/h2-8,17H,9-15H2,1H3,(H,20,22)/b8-5+. The Labute approximate surface area is 138 Å². The predicted octanol–water partition coefficient (Wildman–Crippen LogP) is 3.30.